The van der Waals surface area contributed by atoms with E-state index in [0.717, 1.165) is 11.1 Å². The average molecular weight is 288 g/mol. The number of likely N-dealkylation sites (N-methyl/N-ethyl adjacent to an activating group) is 1. The van der Waals surface area contributed by atoms with Crippen molar-refractivity contribution in [3.63, 3.8) is 0 Å². The van der Waals surface area contributed by atoms with Gasteiger partial charge in [0.1, 0.15) is 17.3 Å². The van der Waals surface area contributed by atoms with Crippen molar-refractivity contribution in [3.8, 4) is 0 Å². The van der Waals surface area contributed by atoms with Crippen molar-refractivity contribution in [2.75, 3.05) is 7.05 Å². The number of aryl methyl sites for hydroxylation is 1. The minimum atomic E-state index is -0.295. The van der Waals surface area contributed by atoms with Gasteiger partial charge in [-0.2, -0.15) is 0 Å². The van der Waals surface area contributed by atoms with E-state index in [9.17, 15) is 9.18 Å². The van der Waals surface area contributed by atoms with E-state index >= 15 is 0 Å². The fraction of sp³-hybridized carbons (Fsp3) is 0.250. The summed E-state index contributed by atoms with van der Waals surface area (Å²) in [6, 6.07) is 7.84. The minimum absolute atomic E-state index is 0.141. The van der Waals surface area contributed by atoms with Crippen LogP contribution in [0.2, 0.25) is 0 Å². The number of hydrogen-bond donors (Lipinski definition) is 0. The first-order chi connectivity index (χ1) is 9.95. The SMILES string of the molecule is C/C(=C\C(=O)N(C)Cc1cc(C)on1)c1ccc(F)cc1. The van der Waals surface area contributed by atoms with Gasteiger partial charge in [0.05, 0.1) is 6.54 Å². The quantitative estimate of drug-likeness (QED) is 0.812. The van der Waals surface area contributed by atoms with Gasteiger partial charge >= 0.3 is 0 Å². The first kappa shape index (κ1) is 15.0. The molecule has 0 unspecified atom stereocenters. The van der Waals surface area contributed by atoms with Crippen molar-refractivity contribution in [1.29, 1.82) is 0 Å². The van der Waals surface area contributed by atoms with Crippen molar-refractivity contribution < 1.29 is 13.7 Å². The summed E-state index contributed by atoms with van der Waals surface area (Å²) in [6.07, 6.45) is 1.53. The Morgan fingerprint density at radius 3 is 2.62 bits per heavy atom. The zero-order chi connectivity index (χ0) is 15.4. The molecule has 2 aromatic rings. The summed E-state index contributed by atoms with van der Waals surface area (Å²) in [4.78, 5) is 13.7. The zero-order valence-corrected chi connectivity index (χ0v) is 12.3. The van der Waals surface area contributed by atoms with Crippen molar-refractivity contribution in [3.05, 3.63) is 59.2 Å². The molecule has 0 radical (unpaired) electrons. The number of allylic oxidation sites excluding steroid dienone is 1. The van der Waals surface area contributed by atoms with Gasteiger partial charge in [-0.25, -0.2) is 4.39 Å². The molecule has 21 heavy (non-hydrogen) atoms. The highest BCUT2D eigenvalue weighted by Gasteiger charge is 2.10. The van der Waals surface area contributed by atoms with Crippen molar-refractivity contribution in [2.24, 2.45) is 0 Å². The molecule has 1 amide bonds. The van der Waals surface area contributed by atoms with Crippen LogP contribution in [0.3, 0.4) is 0 Å². The van der Waals surface area contributed by atoms with E-state index in [1.54, 1.807) is 37.1 Å². The Morgan fingerprint density at radius 1 is 1.38 bits per heavy atom. The standard InChI is InChI=1S/C16H17FN2O2/c1-11(13-4-6-14(17)7-5-13)8-16(20)19(3)10-15-9-12(2)21-18-15/h4-9H,10H2,1-3H3/b11-8+. The molecule has 0 aliphatic heterocycles. The monoisotopic (exact) mass is 288 g/mol. The highest BCUT2D eigenvalue weighted by molar-refractivity contribution is 5.94. The van der Waals surface area contributed by atoms with Crippen LogP contribution in [0.4, 0.5) is 4.39 Å². The van der Waals surface area contributed by atoms with Gasteiger partial charge in [0.15, 0.2) is 0 Å². The Labute approximate surface area is 122 Å². The van der Waals surface area contributed by atoms with E-state index < -0.39 is 0 Å². The van der Waals surface area contributed by atoms with Crippen LogP contribution in [0.5, 0.6) is 0 Å². The van der Waals surface area contributed by atoms with Gasteiger partial charge in [-0.3, -0.25) is 4.79 Å². The molecule has 4 nitrogen and oxygen atoms in total. The number of carbonyl (C=O) groups excluding carboxylic acids is 1. The average Bonchev–Trinajstić information content (AvgIpc) is 2.84. The third-order valence-electron chi connectivity index (χ3n) is 3.09. The molecule has 0 atom stereocenters. The Hall–Kier alpha value is -2.43. The van der Waals surface area contributed by atoms with E-state index in [2.05, 4.69) is 5.16 Å². The van der Waals surface area contributed by atoms with E-state index in [1.807, 2.05) is 6.92 Å². The fourth-order valence-corrected chi connectivity index (χ4v) is 1.90. The fourth-order valence-electron chi connectivity index (χ4n) is 1.90. The van der Waals surface area contributed by atoms with E-state index in [0.29, 0.717) is 18.0 Å². The number of rotatable bonds is 4. The van der Waals surface area contributed by atoms with E-state index in [1.165, 1.54) is 18.2 Å². The molecule has 0 fully saturated rings. The number of amides is 1. The molecule has 0 aliphatic rings. The first-order valence-corrected chi connectivity index (χ1v) is 6.57. The summed E-state index contributed by atoms with van der Waals surface area (Å²) < 4.78 is 17.8. The Kier molecular flexibility index (Phi) is 4.52. The van der Waals surface area contributed by atoms with Crippen LogP contribution in [0.15, 0.2) is 40.9 Å². The third-order valence-corrected chi connectivity index (χ3v) is 3.09. The zero-order valence-electron chi connectivity index (χ0n) is 12.3. The van der Waals surface area contributed by atoms with Gasteiger partial charge < -0.3 is 9.42 Å². The number of hydrogen-bond acceptors (Lipinski definition) is 3. The molecule has 1 aromatic heterocycles. The Bertz CT molecular complexity index is 659. The molecule has 0 spiro atoms. The van der Waals surface area contributed by atoms with Gasteiger partial charge in [-0.1, -0.05) is 17.3 Å². The summed E-state index contributed by atoms with van der Waals surface area (Å²) in [5.41, 5.74) is 2.30. The van der Waals surface area contributed by atoms with Crippen LogP contribution in [0, 0.1) is 12.7 Å². The maximum atomic E-state index is 12.9. The molecule has 5 heteroatoms. The van der Waals surface area contributed by atoms with E-state index in [4.69, 9.17) is 4.52 Å². The third kappa shape index (κ3) is 4.02. The van der Waals surface area contributed by atoms with Gasteiger partial charge in [-0.05, 0) is 37.1 Å². The summed E-state index contributed by atoms with van der Waals surface area (Å²) in [6.45, 7) is 4.00. The largest absolute Gasteiger partial charge is 0.361 e. The van der Waals surface area contributed by atoms with Crippen molar-refractivity contribution in [1.82, 2.24) is 10.1 Å². The molecular weight excluding hydrogens is 271 g/mol. The number of nitrogens with zero attached hydrogens (tertiary/aromatic N) is 2. The molecule has 0 N–H and O–H groups in total. The second-order valence-corrected chi connectivity index (χ2v) is 4.96. The lowest BCUT2D eigenvalue weighted by Gasteiger charge is -2.13. The topological polar surface area (TPSA) is 46.3 Å². The van der Waals surface area contributed by atoms with Gasteiger partial charge in [0.2, 0.25) is 5.91 Å². The van der Waals surface area contributed by atoms with E-state index in [-0.39, 0.29) is 11.7 Å². The number of halogens is 1. The van der Waals surface area contributed by atoms with Crippen LogP contribution >= 0.6 is 0 Å². The van der Waals surface area contributed by atoms with Gasteiger partial charge in [0, 0.05) is 19.2 Å². The number of aromatic nitrogens is 1. The lowest BCUT2D eigenvalue weighted by atomic mass is 10.1. The van der Waals surface area contributed by atoms with Crippen molar-refractivity contribution in [2.45, 2.75) is 20.4 Å². The van der Waals surface area contributed by atoms with Crippen LogP contribution in [0.25, 0.3) is 5.57 Å². The molecule has 1 aromatic carbocycles. The molecule has 1 heterocycles. The molecule has 0 bridgehead atoms. The molecule has 2 rings (SSSR count). The predicted octanol–water partition coefficient (Wildman–Crippen LogP) is 3.18. The smallest absolute Gasteiger partial charge is 0.246 e. The summed E-state index contributed by atoms with van der Waals surface area (Å²) >= 11 is 0. The summed E-state index contributed by atoms with van der Waals surface area (Å²) in [7, 11) is 1.70. The van der Waals surface area contributed by atoms with Gasteiger partial charge in [0.25, 0.3) is 0 Å². The van der Waals surface area contributed by atoms with Gasteiger partial charge in [-0.15, -0.1) is 0 Å². The van der Waals surface area contributed by atoms with Crippen LogP contribution < -0.4 is 0 Å². The summed E-state index contributed by atoms with van der Waals surface area (Å²) in [5.74, 6) is 0.276. The number of benzene rings is 1. The first-order valence-electron chi connectivity index (χ1n) is 6.57. The maximum absolute atomic E-state index is 12.9. The second-order valence-electron chi connectivity index (χ2n) is 4.96. The molecular formula is C16H17FN2O2. The second kappa shape index (κ2) is 6.35. The van der Waals surface area contributed by atoms with Crippen LogP contribution in [-0.4, -0.2) is 23.0 Å². The van der Waals surface area contributed by atoms with Crippen LogP contribution in [0.1, 0.15) is 23.9 Å². The van der Waals surface area contributed by atoms with Crippen LogP contribution in [-0.2, 0) is 11.3 Å². The molecule has 0 saturated carbocycles. The van der Waals surface area contributed by atoms with Crippen molar-refractivity contribution >= 4 is 11.5 Å². The molecule has 0 saturated heterocycles. The highest BCUT2D eigenvalue weighted by atomic mass is 19.1. The normalized spacial score (nSPS) is 11.5. The Morgan fingerprint density at radius 2 is 2.05 bits per heavy atom. The lowest BCUT2D eigenvalue weighted by molar-refractivity contribution is -0.125. The molecule has 110 valence electrons. The number of carbonyl (C=O) groups is 1. The Balaban J connectivity index is 2.05. The minimum Gasteiger partial charge on any atom is -0.361 e. The molecule has 0 aliphatic carbocycles. The maximum Gasteiger partial charge on any atom is 0.246 e. The predicted molar refractivity (Wildman–Crippen MR) is 77.8 cm³/mol. The highest BCUT2D eigenvalue weighted by Crippen LogP contribution is 2.15. The summed E-state index contributed by atoms with van der Waals surface area (Å²) in [5, 5.41) is 3.85. The lowest BCUT2D eigenvalue weighted by Crippen LogP contribution is -2.24.